The van der Waals surface area contributed by atoms with E-state index in [1.165, 1.54) is 0 Å². The minimum Gasteiger partial charge on any atom is -0.313 e. The smallest absolute Gasteiger partial charge is 0.131 e. The summed E-state index contributed by atoms with van der Waals surface area (Å²) in [7, 11) is 0. The van der Waals surface area contributed by atoms with E-state index in [2.05, 4.69) is 12.2 Å². The fourth-order valence-corrected chi connectivity index (χ4v) is 2.16. The van der Waals surface area contributed by atoms with E-state index >= 15 is 0 Å². The van der Waals surface area contributed by atoms with E-state index in [1.807, 2.05) is 24.3 Å². The molecule has 2 rings (SSSR count). The van der Waals surface area contributed by atoms with E-state index in [1.54, 1.807) is 18.2 Å². The van der Waals surface area contributed by atoms with Crippen LogP contribution in [0.2, 0.25) is 5.02 Å². The zero-order valence-electron chi connectivity index (χ0n) is 10.9. The molecular weight excluding hydrogens is 261 g/mol. The van der Waals surface area contributed by atoms with Crippen molar-refractivity contribution in [3.8, 4) is 11.1 Å². The molecule has 0 bridgehead atoms. The predicted molar refractivity (Wildman–Crippen MR) is 78.8 cm³/mol. The third-order valence-corrected chi connectivity index (χ3v) is 3.16. The van der Waals surface area contributed by atoms with Crippen LogP contribution in [0.25, 0.3) is 11.1 Å². The number of rotatable bonds is 5. The second-order valence-electron chi connectivity index (χ2n) is 4.50. The molecule has 0 heterocycles. The van der Waals surface area contributed by atoms with Gasteiger partial charge < -0.3 is 5.32 Å². The molecule has 1 N–H and O–H groups in total. The summed E-state index contributed by atoms with van der Waals surface area (Å²) >= 11 is 5.93. The summed E-state index contributed by atoms with van der Waals surface area (Å²) < 4.78 is 14.1. The van der Waals surface area contributed by atoms with Crippen LogP contribution in [0.4, 0.5) is 4.39 Å². The number of hydrogen-bond acceptors (Lipinski definition) is 1. The molecule has 2 aromatic carbocycles. The maximum atomic E-state index is 14.1. The van der Waals surface area contributed by atoms with Gasteiger partial charge in [0.1, 0.15) is 5.82 Å². The third kappa shape index (κ3) is 3.79. The SMILES string of the molecule is CCCNCc1ccc(-c2cccc(Cl)c2)c(F)c1. The first-order valence-electron chi connectivity index (χ1n) is 6.46. The zero-order chi connectivity index (χ0) is 13.7. The number of benzene rings is 2. The van der Waals surface area contributed by atoms with Gasteiger partial charge in [0.15, 0.2) is 0 Å². The molecule has 1 nitrogen and oxygen atoms in total. The Morgan fingerprint density at radius 1 is 1.16 bits per heavy atom. The van der Waals surface area contributed by atoms with Gasteiger partial charge in [-0.2, -0.15) is 0 Å². The van der Waals surface area contributed by atoms with E-state index in [0.29, 0.717) is 17.1 Å². The first kappa shape index (κ1) is 14.0. The molecule has 0 atom stereocenters. The lowest BCUT2D eigenvalue weighted by Gasteiger charge is -2.08. The van der Waals surface area contributed by atoms with E-state index in [4.69, 9.17) is 11.6 Å². The van der Waals surface area contributed by atoms with Crippen molar-refractivity contribution in [3.63, 3.8) is 0 Å². The third-order valence-electron chi connectivity index (χ3n) is 2.93. The molecule has 2 aromatic rings. The normalized spacial score (nSPS) is 10.7. The monoisotopic (exact) mass is 277 g/mol. The van der Waals surface area contributed by atoms with Crippen molar-refractivity contribution >= 4 is 11.6 Å². The fraction of sp³-hybridized carbons (Fsp3) is 0.250. The van der Waals surface area contributed by atoms with Gasteiger partial charge in [-0.3, -0.25) is 0 Å². The molecule has 19 heavy (non-hydrogen) atoms. The Balaban J connectivity index is 2.19. The Hall–Kier alpha value is -1.38. The van der Waals surface area contributed by atoms with Gasteiger partial charge >= 0.3 is 0 Å². The fourth-order valence-electron chi connectivity index (χ4n) is 1.97. The highest BCUT2D eigenvalue weighted by Crippen LogP contribution is 2.26. The molecule has 0 amide bonds. The van der Waals surface area contributed by atoms with Crippen LogP contribution in [-0.2, 0) is 6.54 Å². The second-order valence-corrected chi connectivity index (χ2v) is 4.94. The van der Waals surface area contributed by atoms with E-state index in [9.17, 15) is 4.39 Å². The number of halogens is 2. The lowest BCUT2D eigenvalue weighted by Crippen LogP contribution is -2.13. The van der Waals surface area contributed by atoms with Crippen LogP contribution in [0, 0.1) is 5.82 Å². The van der Waals surface area contributed by atoms with E-state index < -0.39 is 0 Å². The minimum absolute atomic E-state index is 0.210. The van der Waals surface area contributed by atoms with Gasteiger partial charge in [-0.15, -0.1) is 0 Å². The molecule has 0 aliphatic rings. The Morgan fingerprint density at radius 2 is 2.00 bits per heavy atom. The van der Waals surface area contributed by atoms with Crippen LogP contribution in [0.15, 0.2) is 42.5 Å². The van der Waals surface area contributed by atoms with Crippen LogP contribution >= 0.6 is 11.6 Å². The second kappa shape index (κ2) is 6.69. The molecule has 0 radical (unpaired) electrons. The first-order chi connectivity index (χ1) is 9.20. The highest BCUT2D eigenvalue weighted by molar-refractivity contribution is 6.30. The summed E-state index contributed by atoms with van der Waals surface area (Å²) in [6.07, 6.45) is 1.07. The summed E-state index contributed by atoms with van der Waals surface area (Å²) in [4.78, 5) is 0. The molecule has 0 saturated heterocycles. The van der Waals surface area contributed by atoms with Gasteiger partial charge in [0.25, 0.3) is 0 Å². The lowest BCUT2D eigenvalue weighted by molar-refractivity contribution is 0.622. The Morgan fingerprint density at radius 3 is 2.68 bits per heavy atom. The summed E-state index contributed by atoms with van der Waals surface area (Å²) in [6, 6.07) is 12.6. The molecular formula is C16H17ClFN. The summed E-state index contributed by atoms with van der Waals surface area (Å²) in [5, 5.41) is 3.88. The lowest BCUT2D eigenvalue weighted by atomic mass is 10.0. The molecule has 0 unspecified atom stereocenters. The average Bonchev–Trinajstić information content (AvgIpc) is 2.39. The zero-order valence-corrected chi connectivity index (χ0v) is 11.7. The van der Waals surface area contributed by atoms with Crippen LogP contribution in [0.5, 0.6) is 0 Å². The van der Waals surface area contributed by atoms with Crippen LogP contribution in [0.1, 0.15) is 18.9 Å². The Labute approximate surface area is 118 Å². The van der Waals surface area contributed by atoms with Crippen molar-refractivity contribution in [2.24, 2.45) is 0 Å². The van der Waals surface area contributed by atoms with Crippen molar-refractivity contribution in [2.75, 3.05) is 6.54 Å². The van der Waals surface area contributed by atoms with Crippen LogP contribution < -0.4 is 5.32 Å². The summed E-state index contributed by atoms with van der Waals surface area (Å²) in [5.41, 5.74) is 2.34. The van der Waals surface area contributed by atoms with Crippen molar-refractivity contribution in [2.45, 2.75) is 19.9 Å². The van der Waals surface area contributed by atoms with E-state index in [-0.39, 0.29) is 5.82 Å². The van der Waals surface area contributed by atoms with Gasteiger partial charge in [0, 0.05) is 17.1 Å². The molecule has 100 valence electrons. The number of nitrogens with one attached hydrogen (secondary N) is 1. The molecule has 3 heteroatoms. The molecule has 0 aromatic heterocycles. The first-order valence-corrected chi connectivity index (χ1v) is 6.83. The standard InChI is InChI=1S/C16H17ClFN/c1-2-8-19-11-12-6-7-15(16(18)9-12)13-4-3-5-14(17)10-13/h3-7,9-10,19H,2,8,11H2,1H3. The Bertz CT molecular complexity index is 554. The van der Waals surface area contributed by atoms with Crippen molar-refractivity contribution in [1.82, 2.24) is 5.32 Å². The molecule has 0 spiro atoms. The quantitative estimate of drug-likeness (QED) is 0.785. The number of hydrogen-bond donors (Lipinski definition) is 1. The molecule has 0 aliphatic heterocycles. The van der Waals surface area contributed by atoms with E-state index in [0.717, 1.165) is 24.1 Å². The maximum absolute atomic E-state index is 14.1. The van der Waals surface area contributed by atoms with Gasteiger partial charge in [-0.05, 0) is 42.3 Å². The van der Waals surface area contributed by atoms with Crippen molar-refractivity contribution in [1.29, 1.82) is 0 Å². The molecule has 0 fully saturated rings. The Kier molecular flexibility index (Phi) is 4.94. The highest BCUT2D eigenvalue weighted by atomic mass is 35.5. The van der Waals surface area contributed by atoms with Crippen molar-refractivity contribution in [3.05, 3.63) is 58.9 Å². The summed E-state index contributed by atoms with van der Waals surface area (Å²) in [6.45, 7) is 3.74. The van der Waals surface area contributed by atoms with Gasteiger partial charge in [0.2, 0.25) is 0 Å². The highest BCUT2D eigenvalue weighted by Gasteiger charge is 2.06. The van der Waals surface area contributed by atoms with Gasteiger partial charge in [0.05, 0.1) is 0 Å². The van der Waals surface area contributed by atoms with Gasteiger partial charge in [-0.1, -0.05) is 42.8 Å². The topological polar surface area (TPSA) is 12.0 Å². The maximum Gasteiger partial charge on any atom is 0.131 e. The molecule has 0 saturated carbocycles. The molecule has 0 aliphatic carbocycles. The van der Waals surface area contributed by atoms with Gasteiger partial charge in [-0.25, -0.2) is 4.39 Å². The largest absolute Gasteiger partial charge is 0.313 e. The van der Waals surface area contributed by atoms with Crippen molar-refractivity contribution < 1.29 is 4.39 Å². The predicted octanol–water partition coefficient (Wildman–Crippen LogP) is 4.65. The summed E-state index contributed by atoms with van der Waals surface area (Å²) in [5.74, 6) is -0.210. The van der Waals surface area contributed by atoms with Crippen LogP contribution in [-0.4, -0.2) is 6.54 Å². The minimum atomic E-state index is -0.210. The average molecular weight is 278 g/mol. The van der Waals surface area contributed by atoms with Crippen LogP contribution in [0.3, 0.4) is 0 Å².